The molecule has 2 rings (SSSR count). The summed E-state index contributed by atoms with van der Waals surface area (Å²) in [6.07, 6.45) is 4.31. The predicted octanol–water partition coefficient (Wildman–Crippen LogP) is 2.13. The molecule has 5 heteroatoms. The van der Waals surface area contributed by atoms with E-state index in [-0.39, 0.29) is 29.9 Å². The van der Waals surface area contributed by atoms with Crippen LogP contribution < -0.4 is 10.1 Å². The monoisotopic (exact) mass is 262 g/mol. The summed E-state index contributed by atoms with van der Waals surface area (Å²) in [6.45, 7) is -0.137. The highest BCUT2D eigenvalue weighted by Crippen LogP contribution is 2.18. The van der Waals surface area contributed by atoms with Crippen molar-refractivity contribution in [3.05, 3.63) is 29.6 Å². The molecule has 4 nitrogen and oxygen atoms in total. The third-order valence-electron chi connectivity index (χ3n) is 3.15. The molecular weight excluding hydrogens is 247 g/mol. The molecule has 0 heterocycles. The zero-order valence-corrected chi connectivity index (χ0v) is 10.5. The van der Waals surface area contributed by atoms with Crippen LogP contribution in [0.15, 0.2) is 18.2 Å². The van der Waals surface area contributed by atoms with Crippen molar-refractivity contribution in [2.45, 2.75) is 31.7 Å². The fourth-order valence-electron chi connectivity index (χ4n) is 2.16. The van der Waals surface area contributed by atoms with Crippen molar-refractivity contribution >= 4 is 5.91 Å². The van der Waals surface area contributed by atoms with Crippen molar-refractivity contribution in [1.82, 2.24) is 5.32 Å². The van der Waals surface area contributed by atoms with E-state index in [4.69, 9.17) is 10.00 Å². The average Bonchev–Trinajstić information content (AvgIpc) is 2.89. The van der Waals surface area contributed by atoms with Gasteiger partial charge in [-0.25, -0.2) is 4.39 Å². The maximum atomic E-state index is 13.3. The third-order valence-corrected chi connectivity index (χ3v) is 3.15. The van der Waals surface area contributed by atoms with Gasteiger partial charge in [0.1, 0.15) is 17.6 Å². The van der Waals surface area contributed by atoms with Crippen molar-refractivity contribution in [3.63, 3.8) is 0 Å². The number of halogens is 1. The summed E-state index contributed by atoms with van der Waals surface area (Å²) in [4.78, 5) is 11.6. The van der Waals surface area contributed by atoms with Crippen molar-refractivity contribution in [2.24, 2.45) is 0 Å². The Kier molecular flexibility index (Phi) is 4.35. The van der Waals surface area contributed by atoms with Gasteiger partial charge in [0, 0.05) is 12.1 Å². The molecule has 1 saturated carbocycles. The highest BCUT2D eigenvalue weighted by atomic mass is 19.1. The first-order valence-corrected chi connectivity index (χ1v) is 6.31. The van der Waals surface area contributed by atoms with Crippen molar-refractivity contribution in [2.75, 3.05) is 6.61 Å². The minimum Gasteiger partial charge on any atom is -0.484 e. The molecule has 1 fully saturated rings. The predicted molar refractivity (Wildman–Crippen MR) is 67.0 cm³/mol. The van der Waals surface area contributed by atoms with Gasteiger partial charge in [0.25, 0.3) is 5.91 Å². The van der Waals surface area contributed by atoms with Gasteiger partial charge in [0.15, 0.2) is 6.61 Å². The molecule has 0 radical (unpaired) electrons. The molecule has 1 aromatic carbocycles. The molecule has 100 valence electrons. The van der Waals surface area contributed by atoms with Gasteiger partial charge >= 0.3 is 0 Å². The molecule has 0 aliphatic heterocycles. The van der Waals surface area contributed by atoms with Crippen LogP contribution in [0.4, 0.5) is 4.39 Å². The van der Waals surface area contributed by atoms with Gasteiger partial charge in [-0.3, -0.25) is 4.79 Å². The van der Waals surface area contributed by atoms with Gasteiger partial charge in [-0.2, -0.15) is 5.26 Å². The first-order chi connectivity index (χ1) is 9.19. The van der Waals surface area contributed by atoms with Crippen LogP contribution in [0.1, 0.15) is 31.2 Å². The number of carbonyl (C=O) groups is 1. The van der Waals surface area contributed by atoms with E-state index in [9.17, 15) is 9.18 Å². The highest BCUT2D eigenvalue weighted by molar-refractivity contribution is 5.77. The molecule has 0 atom stereocenters. The van der Waals surface area contributed by atoms with Crippen LogP contribution in [0.2, 0.25) is 0 Å². The molecule has 0 spiro atoms. The van der Waals surface area contributed by atoms with Crippen LogP contribution in [0.3, 0.4) is 0 Å². The maximum absolute atomic E-state index is 13.3. The Morgan fingerprint density at radius 3 is 2.84 bits per heavy atom. The number of nitrogens with one attached hydrogen (secondary N) is 1. The molecule has 1 N–H and O–H groups in total. The molecule has 1 aliphatic rings. The lowest BCUT2D eigenvalue weighted by molar-refractivity contribution is -0.123. The number of rotatable bonds is 4. The van der Waals surface area contributed by atoms with E-state index >= 15 is 0 Å². The summed E-state index contributed by atoms with van der Waals surface area (Å²) in [5.74, 6) is -0.592. The van der Waals surface area contributed by atoms with Gasteiger partial charge in [0.2, 0.25) is 0 Å². The van der Waals surface area contributed by atoms with E-state index in [1.807, 2.05) is 0 Å². The second-order valence-corrected chi connectivity index (χ2v) is 4.59. The topological polar surface area (TPSA) is 62.1 Å². The van der Waals surface area contributed by atoms with Crippen molar-refractivity contribution in [3.8, 4) is 11.8 Å². The summed E-state index contributed by atoms with van der Waals surface area (Å²) in [5.41, 5.74) is -0.0391. The number of hydrogen-bond acceptors (Lipinski definition) is 3. The lowest BCUT2D eigenvalue weighted by Crippen LogP contribution is -2.36. The van der Waals surface area contributed by atoms with E-state index in [2.05, 4.69) is 5.32 Å². The Morgan fingerprint density at radius 1 is 1.47 bits per heavy atom. The number of amides is 1. The number of hydrogen-bond donors (Lipinski definition) is 1. The quantitative estimate of drug-likeness (QED) is 0.904. The average molecular weight is 262 g/mol. The van der Waals surface area contributed by atoms with Crippen LogP contribution in [0.25, 0.3) is 0 Å². The van der Waals surface area contributed by atoms with Crippen molar-refractivity contribution < 1.29 is 13.9 Å². The molecule has 1 aliphatic carbocycles. The lowest BCUT2D eigenvalue weighted by atomic mass is 10.2. The molecular formula is C14H15FN2O2. The number of nitriles is 1. The van der Waals surface area contributed by atoms with Gasteiger partial charge in [-0.1, -0.05) is 12.8 Å². The SMILES string of the molecule is N#Cc1ccc(OCC(=O)NC2CCCC2)cc1F. The Labute approximate surface area is 111 Å². The zero-order valence-electron chi connectivity index (χ0n) is 10.5. The molecule has 0 saturated heterocycles. The summed E-state index contributed by atoms with van der Waals surface area (Å²) in [7, 11) is 0. The summed E-state index contributed by atoms with van der Waals surface area (Å²) in [6, 6.07) is 5.89. The minimum atomic E-state index is -0.642. The van der Waals surface area contributed by atoms with Crippen LogP contribution in [0, 0.1) is 17.1 Å². The van der Waals surface area contributed by atoms with Crippen molar-refractivity contribution in [1.29, 1.82) is 5.26 Å². The van der Waals surface area contributed by atoms with Gasteiger partial charge in [0.05, 0.1) is 5.56 Å². The van der Waals surface area contributed by atoms with E-state index < -0.39 is 5.82 Å². The molecule has 0 unspecified atom stereocenters. The second-order valence-electron chi connectivity index (χ2n) is 4.59. The summed E-state index contributed by atoms with van der Waals surface area (Å²) in [5, 5.41) is 11.5. The normalized spacial score (nSPS) is 14.9. The first kappa shape index (κ1) is 13.3. The van der Waals surface area contributed by atoms with E-state index in [1.165, 1.54) is 12.1 Å². The van der Waals surface area contributed by atoms with Gasteiger partial charge < -0.3 is 10.1 Å². The van der Waals surface area contributed by atoms with E-state index in [0.29, 0.717) is 0 Å². The van der Waals surface area contributed by atoms with E-state index in [1.54, 1.807) is 6.07 Å². The second kappa shape index (κ2) is 6.19. The Morgan fingerprint density at radius 2 is 2.21 bits per heavy atom. The smallest absolute Gasteiger partial charge is 0.258 e. The molecule has 0 bridgehead atoms. The molecule has 19 heavy (non-hydrogen) atoms. The lowest BCUT2D eigenvalue weighted by Gasteiger charge is -2.12. The van der Waals surface area contributed by atoms with Crippen LogP contribution >= 0.6 is 0 Å². The third kappa shape index (κ3) is 3.68. The number of benzene rings is 1. The largest absolute Gasteiger partial charge is 0.484 e. The number of carbonyl (C=O) groups excluding carboxylic acids is 1. The Bertz CT molecular complexity index is 505. The zero-order chi connectivity index (χ0) is 13.7. The summed E-state index contributed by atoms with van der Waals surface area (Å²) >= 11 is 0. The first-order valence-electron chi connectivity index (χ1n) is 6.31. The van der Waals surface area contributed by atoms with Crippen LogP contribution in [-0.2, 0) is 4.79 Å². The van der Waals surface area contributed by atoms with Gasteiger partial charge in [-0.05, 0) is 25.0 Å². The maximum Gasteiger partial charge on any atom is 0.258 e. The van der Waals surface area contributed by atoms with Crippen LogP contribution in [0.5, 0.6) is 5.75 Å². The molecule has 1 amide bonds. The Balaban J connectivity index is 1.83. The fraction of sp³-hybridized carbons (Fsp3) is 0.429. The fourth-order valence-corrected chi connectivity index (χ4v) is 2.16. The Hall–Kier alpha value is -2.09. The van der Waals surface area contributed by atoms with E-state index in [0.717, 1.165) is 31.7 Å². The highest BCUT2D eigenvalue weighted by Gasteiger charge is 2.17. The van der Waals surface area contributed by atoms with Crippen LogP contribution in [-0.4, -0.2) is 18.6 Å². The summed E-state index contributed by atoms with van der Waals surface area (Å²) < 4.78 is 18.5. The number of ether oxygens (including phenoxy) is 1. The molecule has 0 aromatic heterocycles. The van der Waals surface area contributed by atoms with Gasteiger partial charge in [-0.15, -0.1) is 0 Å². The minimum absolute atomic E-state index is 0.0391. The molecule has 1 aromatic rings. The standard InChI is InChI=1S/C14H15FN2O2/c15-13-7-12(6-5-10(13)8-16)19-9-14(18)17-11-3-1-2-4-11/h5-7,11H,1-4,9H2,(H,17,18). The number of nitrogens with zero attached hydrogens (tertiary/aromatic N) is 1.